The third kappa shape index (κ3) is 11.2. The van der Waals surface area contributed by atoms with Crippen molar-refractivity contribution in [2.75, 3.05) is 26.2 Å². The average molecular weight is 316 g/mol. The molecule has 0 heterocycles. The minimum absolute atomic E-state index is 0.0994. The number of amides is 1. The fourth-order valence-corrected chi connectivity index (χ4v) is 1.83. The number of carboxylic acids is 1. The quantitative estimate of drug-likeness (QED) is 0.221. The number of carbonyl (C=O) groups excluding carboxylic acids is 1. The molecule has 0 fully saturated rings. The van der Waals surface area contributed by atoms with Crippen molar-refractivity contribution >= 4 is 11.9 Å². The first-order valence-electron chi connectivity index (χ1n) is 7.67. The van der Waals surface area contributed by atoms with Gasteiger partial charge in [-0.1, -0.05) is 25.5 Å². The molecule has 22 heavy (non-hydrogen) atoms. The van der Waals surface area contributed by atoms with Crippen molar-refractivity contribution in [2.45, 2.75) is 45.3 Å². The van der Waals surface area contributed by atoms with E-state index in [4.69, 9.17) is 10.2 Å². The lowest BCUT2D eigenvalue weighted by atomic mass is 10.2. The lowest BCUT2D eigenvalue weighted by Gasteiger charge is -2.24. The Bertz CT molecular complexity index is 347. The number of nitrogens with zero attached hydrogens (tertiary/aromatic N) is 1. The molecule has 0 radical (unpaired) electrons. The molecule has 7 nitrogen and oxygen atoms in total. The zero-order chi connectivity index (χ0) is 16.8. The molecule has 0 aromatic heterocycles. The van der Waals surface area contributed by atoms with Gasteiger partial charge in [0.05, 0.1) is 13.2 Å². The normalized spacial score (nSPS) is 12.7. The molecule has 4 N–H and O–H groups in total. The van der Waals surface area contributed by atoms with Gasteiger partial charge in [-0.05, 0) is 19.3 Å². The number of nitrogens with one attached hydrogen (secondary N) is 1. The molecule has 0 spiro atoms. The van der Waals surface area contributed by atoms with E-state index >= 15 is 0 Å². The Morgan fingerprint density at radius 2 is 1.95 bits per heavy atom. The first kappa shape index (κ1) is 20.6. The van der Waals surface area contributed by atoms with Gasteiger partial charge in [-0.25, -0.2) is 0 Å². The highest BCUT2D eigenvalue weighted by Crippen LogP contribution is 1.99. The summed E-state index contributed by atoms with van der Waals surface area (Å²) in [5.74, 6) is -1.20. The van der Waals surface area contributed by atoms with E-state index in [0.717, 1.165) is 25.7 Å². The maximum absolute atomic E-state index is 11.6. The minimum Gasteiger partial charge on any atom is -0.480 e. The van der Waals surface area contributed by atoms with Crippen molar-refractivity contribution in [1.82, 2.24) is 10.2 Å². The third-order valence-corrected chi connectivity index (χ3v) is 3.04. The second-order valence-electron chi connectivity index (χ2n) is 5.03. The summed E-state index contributed by atoms with van der Waals surface area (Å²) in [7, 11) is 0. The Kier molecular flexibility index (Phi) is 12.4. The number of allylic oxidation sites excluding steroid dienone is 2. The molecule has 0 aromatic carbocycles. The van der Waals surface area contributed by atoms with Gasteiger partial charge in [0.1, 0.15) is 6.23 Å². The molecular weight excluding hydrogens is 288 g/mol. The molecule has 0 aliphatic heterocycles. The Morgan fingerprint density at radius 1 is 1.27 bits per heavy atom. The van der Waals surface area contributed by atoms with Crippen LogP contribution in [-0.4, -0.2) is 64.6 Å². The molecule has 0 saturated heterocycles. The fraction of sp³-hybridized carbons (Fsp3) is 0.733. The lowest BCUT2D eigenvalue weighted by molar-refractivity contribution is -0.142. The summed E-state index contributed by atoms with van der Waals surface area (Å²) >= 11 is 0. The van der Waals surface area contributed by atoms with Gasteiger partial charge in [0, 0.05) is 19.5 Å². The second kappa shape index (κ2) is 13.2. The van der Waals surface area contributed by atoms with Crippen molar-refractivity contribution in [3.05, 3.63) is 12.2 Å². The fourth-order valence-electron chi connectivity index (χ4n) is 1.83. The van der Waals surface area contributed by atoms with Gasteiger partial charge in [-0.2, -0.15) is 0 Å². The molecule has 0 rings (SSSR count). The van der Waals surface area contributed by atoms with E-state index in [-0.39, 0.29) is 25.5 Å². The van der Waals surface area contributed by atoms with Crippen LogP contribution in [0.4, 0.5) is 0 Å². The Hall–Kier alpha value is -1.44. The van der Waals surface area contributed by atoms with Crippen LogP contribution in [0.3, 0.4) is 0 Å². The van der Waals surface area contributed by atoms with Crippen molar-refractivity contribution in [2.24, 2.45) is 0 Å². The smallest absolute Gasteiger partial charge is 0.317 e. The summed E-state index contributed by atoms with van der Waals surface area (Å²) in [4.78, 5) is 23.4. The summed E-state index contributed by atoms with van der Waals surface area (Å²) in [6.45, 7) is 1.56. The zero-order valence-electron chi connectivity index (χ0n) is 13.2. The van der Waals surface area contributed by atoms with Crippen molar-refractivity contribution in [3.8, 4) is 0 Å². The van der Waals surface area contributed by atoms with Crippen molar-refractivity contribution in [3.63, 3.8) is 0 Å². The second-order valence-corrected chi connectivity index (χ2v) is 5.03. The highest BCUT2D eigenvalue weighted by atomic mass is 16.4. The predicted molar refractivity (Wildman–Crippen MR) is 83.2 cm³/mol. The SMILES string of the molecule is CCC/C=C/CCCC(=O)NCCN(CC(=O)O)C(O)CO. The topological polar surface area (TPSA) is 110 Å². The lowest BCUT2D eigenvalue weighted by Crippen LogP contribution is -2.45. The number of unbranched alkanes of at least 4 members (excludes halogenated alkanes) is 2. The minimum atomic E-state index is -1.24. The number of rotatable bonds is 13. The van der Waals surface area contributed by atoms with Gasteiger partial charge >= 0.3 is 5.97 Å². The van der Waals surface area contributed by atoms with Gasteiger partial charge in [0.25, 0.3) is 0 Å². The van der Waals surface area contributed by atoms with Crippen molar-refractivity contribution in [1.29, 1.82) is 0 Å². The standard InChI is InChI=1S/C15H28N2O5/c1-2-3-4-5-6-7-8-13(19)16-9-10-17(11-15(21)22)14(20)12-18/h4-5,14,18,20H,2-3,6-12H2,1H3,(H,16,19)(H,21,22)/b5-4+. The van der Waals surface area contributed by atoms with Crippen LogP contribution in [0.15, 0.2) is 12.2 Å². The van der Waals surface area contributed by atoms with Gasteiger partial charge in [0.15, 0.2) is 0 Å². The number of aliphatic carboxylic acids is 1. The Morgan fingerprint density at radius 3 is 2.55 bits per heavy atom. The van der Waals surface area contributed by atoms with Gasteiger partial charge in [-0.15, -0.1) is 0 Å². The molecule has 1 unspecified atom stereocenters. The summed E-state index contributed by atoms with van der Waals surface area (Å²) in [6.07, 6.45) is 7.16. The van der Waals surface area contributed by atoms with Crippen LogP contribution in [-0.2, 0) is 9.59 Å². The van der Waals surface area contributed by atoms with Crippen LogP contribution < -0.4 is 5.32 Å². The Balaban J connectivity index is 3.85. The van der Waals surface area contributed by atoms with Gasteiger partial charge < -0.3 is 20.6 Å². The van der Waals surface area contributed by atoms with E-state index in [2.05, 4.69) is 24.4 Å². The van der Waals surface area contributed by atoms with Crippen LogP contribution in [0.25, 0.3) is 0 Å². The first-order valence-corrected chi connectivity index (χ1v) is 7.67. The number of aliphatic hydroxyl groups is 2. The van der Waals surface area contributed by atoms with E-state index in [0.29, 0.717) is 6.42 Å². The van der Waals surface area contributed by atoms with Crippen molar-refractivity contribution < 1.29 is 24.9 Å². The first-order chi connectivity index (χ1) is 10.5. The summed E-state index contributed by atoms with van der Waals surface area (Å²) in [5.41, 5.74) is 0. The maximum Gasteiger partial charge on any atom is 0.317 e. The molecule has 7 heteroatoms. The van der Waals surface area contributed by atoms with E-state index in [1.807, 2.05) is 0 Å². The van der Waals surface area contributed by atoms with Gasteiger partial charge in [-0.3, -0.25) is 14.5 Å². The van der Waals surface area contributed by atoms with E-state index in [1.165, 1.54) is 4.90 Å². The molecule has 1 amide bonds. The molecule has 128 valence electrons. The zero-order valence-corrected chi connectivity index (χ0v) is 13.2. The van der Waals surface area contributed by atoms with Crippen LogP contribution in [0.5, 0.6) is 0 Å². The van der Waals surface area contributed by atoms with E-state index < -0.39 is 18.8 Å². The number of carbonyl (C=O) groups is 2. The maximum atomic E-state index is 11.6. The van der Waals surface area contributed by atoms with E-state index in [9.17, 15) is 14.7 Å². The molecule has 0 aromatic rings. The number of aliphatic hydroxyl groups excluding tert-OH is 2. The van der Waals surface area contributed by atoms with E-state index in [1.54, 1.807) is 0 Å². The van der Waals surface area contributed by atoms with Gasteiger partial charge in [0.2, 0.25) is 5.91 Å². The molecular formula is C15H28N2O5. The van der Waals surface area contributed by atoms with Crippen LogP contribution in [0.2, 0.25) is 0 Å². The van der Waals surface area contributed by atoms with Crippen LogP contribution in [0.1, 0.15) is 39.0 Å². The highest BCUT2D eigenvalue weighted by Gasteiger charge is 2.17. The largest absolute Gasteiger partial charge is 0.480 e. The highest BCUT2D eigenvalue weighted by molar-refractivity contribution is 5.75. The van der Waals surface area contributed by atoms with Crippen LogP contribution >= 0.6 is 0 Å². The number of hydrogen-bond acceptors (Lipinski definition) is 5. The monoisotopic (exact) mass is 316 g/mol. The third-order valence-electron chi connectivity index (χ3n) is 3.04. The molecule has 0 aliphatic carbocycles. The molecule has 0 saturated carbocycles. The predicted octanol–water partition coefficient (Wildman–Crippen LogP) is 0.327. The summed E-state index contributed by atoms with van der Waals surface area (Å²) in [5, 5.41) is 29.7. The summed E-state index contributed by atoms with van der Waals surface area (Å²) < 4.78 is 0. The average Bonchev–Trinajstić information content (AvgIpc) is 2.48. The summed E-state index contributed by atoms with van der Waals surface area (Å²) in [6, 6.07) is 0. The number of hydrogen-bond donors (Lipinski definition) is 4. The number of carboxylic acid groups (broad SMARTS) is 1. The molecule has 0 aliphatic rings. The molecule has 1 atom stereocenters. The van der Waals surface area contributed by atoms with Crippen LogP contribution in [0, 0.1) is 0 Å². The molecule has 0 bridgehead atoms. The Labute approximate surface area is 131 Å².